The molecule has 10 heteroatoms. The van der Waals surface area contributed by atoms with Crippen LogP contribution in [0.2, 0.25) is 0 Å². The number of hydrogen-bond donors (Lipinski definition) is 1. The molecule has 0 radical (unpaired) electrons. The van der Waals surface area contributed by atoms with Gasteiger partial charge < -0.3 is 5.32 Å². The Bertz CT molecular complexity index is 1590. The number of aromatic nitrogens is 1. The third-order valence-corrected chi connectivity index (χ3v) is 11.8. The molecular weight excluding hydrogens is 549 g/mol. The summed E-state index contributed by atoms with van der Waals surface area (Å²) in [4.78, 5) is 22.2. The predicted octanol–water partition coefficient (Wildman–Crippen LogP) is 6.08. The summed E-state index contributed by atoms with van der Waals surface area (Å²) in [6, 6.07) is 14.4. The quantitative estimate of drug-likeness (QED) is 0.299. The van der Waals surface area contributed by atoms with Crippen LogP contribution in [0.1, 0.15) is 47.5 Å². The van der Waals surface area contributed by atoms with Gasteiger partial charge in [0.05, 0.1) is 15.1 Å². The molecule has 0 spiro atoms. The average Bonchev–Trinajstić information content (AvgIpc) is 3.53. The van der Waals surface area contributed by atoms with E-state index in [1.807, 2.05) is 18.2 Å². The van der Waals surface area contributed by atoms with Gasteiger partial charge in [0, 0.05) is 42.2 Å². The molecule has 6 rings (SSSR count). The molecule has 39 heavy (non-hydrogen) atoms. The van der Waals surface area contributed by atoms with Gasteiger partial charge in [-0.1, -0.05) is 26.0 Å². The maximum absolute atomic E-state index is 13.4. The predicted molar refractivity (Wildman–Crippen MR) is 159 cm³/mol. The number of piperidine rings is 1. The van der Waals surface area contributed by atoms with E-state index in [2.05, 4.69) is 30.1 Å². The Labute approximate surface area is 237 Å². The zero-order valence-electron chi connectivity index (χ0n) is 22.1. The van der Waals surface area contributed by atoms with Crippen LogP contribution in [0.3, 0.4) is 0 Å². The lowest BCUT2D eigenvalue weighted by molar-refractivity contribution is 0.102. The van der Waals surface area contributed by atoms with Crippen molar-refractivity contribution in [3.63, 3.8) is 0 Å². The lowest BCUT2D eigenvalue weighted by Gasteiger charge is -2.30. The minimum absolute atomic E-state index is 0.231. The molecule has 1 fully saturated rings. The number of anilines is 1. The van der Waals surface area contributed by atoms with Crippen LogP contribution in [-0.4, -0.2) is 54.7 Å². The number of amides is 1. The van der Waals surface area contributed by atoms with Crippen molar-refractivity contribution in [1.82, 2.24) is 14.2 Å². The molecule has 0 unspecified atom stereocenters. The van der Waals surface area contributed by atoms with E-state index in [0.717, 1.165) is 64.7 Å². The first kappa shape index (κ1) is 26.6. The standard InChI is InChI=1S/C29H32N4O3S3/c1-3-32-16-14-22-25(18-32)38-29(26(22)28-30-23-8-4-5-9-24(23)37-28)31-27(34)20-10-12-21(13-11-20)39(35,36)33-15-6-7-19(2)17-33/h4-5,8-13,19H,3,6-7,14-18H2,1-2H3,(H,31,34)/t19-/m1/s1. The molecule has 1 atom stereocenters. The topological polar surface area (TPSA) is 82.6 Å². The van der Waals surface area contributed by atoms with Crippen molar-refractivity contribution in [2.75, 3.05) is 31.5 Å². The summed E-state index contributed by atoms with van der Waals surface area (Å²) in [5.41, 5.74) is 3.69. The molecule has 0 bridgehead atoms. The van der Waals surface area contributed by atoms with Crippen LogP contribution in [0.4, 0.5) is 5.00 Å². The number of para-hydroxylation sites is 1. The first-order chi connectivity index (χ1) is 18.8. The van der Waals surface area contributed by atoms with Gasteiger partial charge in [0.2, 0.25) is 10.0 Å². The highest BCUT2D eigenvalue weighted by Crippen LogP contribution is 2.45. The van der Waals surface area contributed by atoms with Crippen molar-refractivity contribution in [2.24, 2.45) is 5.92 Å². The van der Waals surface area contributed by atoms with Crippen LogP contribution in [0.15, 0.2) is 53.4 Å². The molecule has 0 aliphatic carbocycles. The van der Waals surface area contributed by atoms with E-state index in [4.69, 9.17) is 4.98 Å². The SMILES string of the molecule is CCN1CCc2c(sc(NC(=O)c3ccc(S(=O)(=O)N4CCC[C@@H](C)C4)cc3)c2-c2nc3ccccc3s2)C1. The highest BCUT2D eigenvalue weighted by atomic mass is 32.2. The summed E-state index contributed by atoms with van der Waals surface area (Å²) in [7, 11) is -3.57. The average molecular weight is 581 g/mol. The van der Waals surface area contributed by atoms with Crippen molar-refractivity contribution in [1.29, 1.82) is 0 Å². The summed E-state index contributed by atoms with van der Waals surface area (Å²) >= 11 is 3.27. The zero-order valence-corrected chi connectivity index (χ0v) is 24.6. The number of carbonyl (C=O) groups excluding carboxylic acids is 1. The van der Waals surface area contributed by atoms with Crippen LogP contribution >= 0.6 is 22.7 Å². The number of rotatable bonds is 6. The molecule has 1 N–H and O–H groups in total. The molecule has 4 aromatic rings. The Morgan fingerprint density at radius 3 is 2.64 bits per heavy atom. The van der Waals surface area contributed by atoms with Gasteiger partial charge in [-0.3, -0.25) is 9.69 Å². The number of hydrogen-bond acceptors (Lipinski definition) is 7. The lowest BCUT2D eigenvalue weighted by atomic mass is 10.0. The van der Waals surface area contributed by atoms with Crippen LogP contribution in [0, 0.1) is 5.92 Å². The summed E-state index contributed by atoms with van der Waals surface area (Å²) in [5, 5.41) is 4.88. The van der Waals surface area contributed by atoms with Crippen molar-refractivity contribution in [3.8, 4) is 10.6 Å². The number of nitrogens with zero attached hydrogens (tertiary/aromatic N) is 3. The largest absolute Gasteiger partial charge is 0.313 e. The van der Waals surface area contributed by atoms with Crippen LogP contribution in [0.25, 0.3) is 20.8 Å². The van der Waals surface area contributed by atoms with Crippen molar-refractivity contribution >= 4 is 53.8 Å². The highest BCUT2D eigenvalue weighted by molar-refractivity contribution is 7.89. The van der Waals surface area contributed by atoms with Gasteiger partial charge in [0.15, 0.2) is 0 Å². The van der Waals surface area contributed by atoms with Gasteiger partial charge in [-0.25, -0.2) is 13.4 Å². The Morgan fingerprint density at radius 1 is 1.10 bits per heavy atom. The van der Waals surface area contributed by atoms with Gasteiger partial charge in [-0.15, -0.1) is 22.7 Å². The van der Waals surface area contributed by atoms with E-state index >= 15 is 0 Å². The first-order valence-electron chi connectivity index (χ1n) is 13.5. The summed E-state index contributed by atoms with van der Waals surface area (Å²) in [6.07, 6.45) is 2.84. The Hall–Kier alpha value is -2.63. The second-order valence-corrected chi connectivity index (χ2v) is 14.5. The third-order valence-electron chi connectivity index (χ3n) is 7.69. The fraction of sp³-hybridized carbons (Fsp3) is 0.379. The van der Waals surface area contributed by atoms with Gasteiger partial charge in [0.25, 0.3) is 5.91 Å². The fourth-order valence-corrected chi connectivity index (χ4v) is 9.48. The van der Waals surface area contributed by atoms with Gasteiger partial charge in [0.1, 0.15) is 10.0 Å². The second-order valence-electron chi connectivity index (χ2n) is 10.4. The van der Waals surface area contributed by atoms with E-state index in [9.17, 15) is 13.2 Å². The fourth-order valence-electron chi connectivity index (χ4n) is 5.49. The van der Waals surface area contributed by atoms with E-state index in [1.54, 1.807) is 51.2 Å². The molecule has 2 aliphatic rings. The summed E-state index contributed by atoms with van der Waals surface area (Å²) < 4.78 is 29.0. The third kappa shape index (κ3) is 5.16. The highest BCUT2D eigenvalue weighted by Gasteiger charge is 2.30. The molecule has 7 nitrogen and oxygen atoms in total. The number of sulfonamides is 1. The molecule has 4 heterocycles. The van der Waals surface area contributed by atoms with Crippen LogP contribution in [0.5, 0.6) is 0 Å². The first-order valence-corrected chi connectivity index (χ1v) is 16.5. The molecule has 204 valence electrons. The number of nitrogens with one attached hydrogen (secondary N) is 1. The smallest absolute Gasteiger partial charge is 0.256 e. The molecular formula is C29H32N4O3S3. The number of carbonyl (C=O) groups is 1. The maximum atomic E-state index is 13.4. The van der Waals surface area contributed by atoms with E-state index in [0.29, 0.717) is 24.6 Å². The molecule has 0 saturated carbocycles. The van der Waals surface area contributed by atoms with Gasteiger partial charge in [-0.2, -0.15) is 4.31 Å². The van der Waals surface area contributed by atoms with E-state index in [-0.39, 0.29) is 10.8 Å². The van der Waals surface area contributed by atoms with Crippen molar-refractivity contribution in [2.45, 2.75) is 44.6 Å². The molecule has 2 aromatic heterocycles. The summed E-state index contributed by atoms with van der Waals surface area (Å²) in [5.74, 6) is 0.100. The summed E-state index contributed by atoms with van der Waals surface area (Å²) in [6.45, 7) is 8.18. The number of fused-ring (bicyclic) bond motifs is 2. The number of thiophene rings is 1. The van der Waals surface area contributed by atoms with Crippen molar-refractivity contribution < 1.29 is 13.2 Å². The monoisotopic (exact) mass is 580 g/mol. The molecule has 1 amide bonds. The zero-order chi connectivity index (χ0) is 27.1. The van der Waals surface area contributed by atoms with E-state index in [1.165, 1.54) is 10.4 Å². The minimum Gasteiger partial charge on any atom is -0.313 e. The minimum atomic E-state index is -3.57. The Balaban J connectivity index is 1.29. The van der Waals surface area contributed by atoms with Gasteiger partial charge in [-0.05, 0) is 73.7 Å². The van der Waals surface area contributed by atoms with Crippen molar-refractivity contribution in [3.05, 3.63) is 64.5 Å². The number of likely N-dealkylation sites (N-methyl/N-ethyl adjacent to an activating group) is 1. The lowest BCUT2D eigenvalue weighted by Crippen LogP contribution is -2.39. The number of thiazole rings is 1. The van der Waals surface area contributed by atoms with Gasteiger partial charge >= 0.3 is 0 Å². The molecule has 2 aromatic carbocycles. The van der Waals surface area contributed by atoms with E-state index < -0.39 is 10.0 Å². The second kappa shape index (κ2) is 10.7. The van der Waals surface area contributed by atoms with Crippen LogP contribution < -0.4 is 5.32 Å². The number of benzene rings is 2. The Morgan fingerprint density at radius 2 is 1.90 bits per heavy atom. The molecule has 1 saturated heterocycles. The Kier molecular flexibility index (Phi) is 7.32. The normalized spacial score (nSPS) is 18.8. The maximum Gasteiger partial charge on any atom is 0.256 e. The molecule has 2 aliphatic heterocycles. The van der Waals surface area contributed by atoms with Crippen LogP contribution in [-0.2, 0) is 23.0 Å².